The maximum atomic E-state index is 14.3. The zero-order valence-electron chi connectivity index (χ0n) is 27.3. The first-order valence-electron chi connectivity index (χ1n) is 16.1. The fourth-order valence-corrected chi connectivity index (χ4v) is 6.84. The summed E-state index contributed by atoms with van der Waals surface area (Å²) in [5.74, 6) is 2.86. The summed E-state index contributed by atoms with van der Waals surface area (Å²) in [4.78, 5) is 16.6. The Morgan fingerprint density at radius 2 is 1.50 bits per heavy atom. The van der Waals surface area contributed by atoms with E-state index < -0.39 is 0 Å². The van der Waals surface area contributed by atoms with E-state index in [1.165, 1.54) is 0 Å². The number of aromatic nitrogens is 5. The lowest BCUT2D eigenvalue weighted by Gasteiger charge is -2.35. The normalized spacial score (nSPS) is 13.5. The number of methoxy groups -OCH3 is 2. The number of piperidine rings is 1. The Labute approximate surface area is 279 Å². The van der Waals surface area contributed by atoms with Crippen LogP contribution in [0.1, 0.15) is 41.3 Å². The maximum Gasteiger partial charge on any atom is 0.274 e. The number of fused-ring (bicyclic) bond motifs is 1. The zero-order chi connectivity index (χ0) is 33.2. The van der Waals surface area contributed by atoms with Crippen molar-refractivity contribution < 1.29 is 9.47 Å². The third-order valence-electron chi connectivity index (χ3n) is 9.40. The molecule has 10 heteroatoms. The SMILES string of the molecule is COc1ccc(Cn2c(=O)c3cc(-c4cccc(C#N)c4N4CCC(c5nncn5C)CC4)ccc3n2Cc2ccc(OC)cc2)cc1. The topological polar surface area (TPSA) is 103 Å². The molecule has 4 aromatic carbocycles. The van der Waals surface area contributed by atoms with Crippen LogP contribution in [0, 0.1) is 11.3 Å². The molecule has 0 amide bonds. The molecular formula is C38H37N7O3. The second kappa shape index (κ2) is 13.1. The molecule has 0 bridgehead atoms. The van der Waals surface area contributed by atoms with Crippen LogP contribution in [0.25, 0.3) is 22.0 Å². The molecule has 1 aliphatic rings. The van der Waals surface area contributed by atoms with Crippen LogP contribution in [-0.4, -0.2) is 51.4 Å². The number of nitrogens with zero attached hydrogens (tertiary/aromatic N) is 7. The van der Waals surface area contributed by atoms with Crippen LogP contribution in [0.3, 0.4) is 0 Å². The number of ether oxygens (including phenoxy) is 2. The minimum absolute atomic E-state index is 0.0707. The highest BCUT2D eigenvalue weighted by atomic mass is 16.5. The summed E-state index contributed by atoms with van der Waals surface area (Å²) in [6.45, 7) is 2.49. The van der Waals surface area contributed by atoms with Gasteiger partial charge in [0.2, 0.25) is 0 Å². The van der Waals surface area contributed by atoms with Crippen molar-refractivity contribution in [3.63, 3.8) is 0 Å². The first kappa shape index (κ1) is 30.8. The number of para-hydroxylation sites is 1. The molecule has 6 aromatic rings. The minimum atomic E-state index is -0.0707. The van der Waals surface area contributed by atoms with Crippen molar-refractivity contribution in [1.82, 2.24) is 24.1 Å². The summed E-state index contributed by atoms with van der Waals surface area (Å²) >= 11 is 0. The van der Waals surface area contributed by atoms with Crippen LogP contribution in [0.15, 0.2) is 96.1 Å². The Kier molecular flexibility index (Phi) is 8.42. The molecule has 0 spiro atoms. The standard InChI is InChI=1S/C38H37N7O3/c1-42-25-40-41-37(42)28-17-19-43(20-18-28)36-30(22-39)5-4-6-33(36)29-11-16-35-34(21-29)38(46)45(24-27-9-14-32(48-3)15-10-27)44(35)23-26-7-12-31(47-2)13-8-26/h4-16,21,25,28H,17-20,23-24H2,1-3H3. The predicted octanol–water partition coefficient (Wildman–Crippen LogP) is 5.97. The van der Waals surface area contributed by atoms with Crippen molar-refractivity contribution in [3.8, 4) is 28.7 Å². The third kappa shape index (κ3) is 5.79. The van der Waals surface area contributed by atoms with Gasteiger partial charge in [-0.05, 0) is 72.0 Å². The van der Waals surface area contributed by atoms with E-state index >= 15 is 0 Å². The van der Waals surface area contributed by atoms with E-state index in [0.29, 0.717) is 30.0 Å². The Balaban J connectivity index is 1.28. The van der Waals surface area contributed by atoms with Crippen LogP contribution in [-0.2, 0) is 20.1 Å². The van der Waals surface area contributed by atoms with Gasteiger partial charge in [-0.1, -0.05) is 42.5 Å². The molecule has 7 rings (SSSR count). The summed E-state index contributed by atoms with van der Waals surface area (Å²) in [7, 11) is 5.28. The summed E-state index contributed by atoms with van der Waals surface area (Å²) in [5, 5.41) is 19.2. The largest absolute Gasteiger partial charge is 0.497 e. The van der Waals surface area contributed by atoms with Crippen LogP contribution < -0.4 is 19.9 Å². The van der Waals surface area contributed by atoms with E-state index in [-0.39, 0.29) is 5.56 Å². The van der Waals surface area contributed by atoms with Crippen molar-refractivity contribution in [2.24, 2.45) is 7.05 Å². The number of nitriles is 1. The molecule has 0 atom stereocenters. The Bertz CT molecular complexity index is 2160. The molecule has 48 heavy (non-hydrogen) atoms. The zero-order valence-corrected chi connectivity index (χ0v) is 27.3. The van der Waals surface area contributed by atoms with Gasteiger partial charge in [0.15, 0.2) is 0 Å². The highest BCUT2D eigenvalue weighted by Gasteiger charge is 2.27. The highest BCUT2D eigenvalue weighted by molar-refractivity contribution is 5.90. The highest BCUT2D eigenvalue weighted by Crippen LogP contribution is 2.38. The number of rotatable bonds is 9. The molecule has 10 nitrogen and oxygen atoms in total. The average Bonchev–Trinajstić information content (AvgIpc) is 3.68. The van der Waals surface area contributed by atoms with Crippen molar-refractivity contribution >= 4 is 16.6 Å². The average molecular weight is 640 g/mol. The molecule has 0 saturated carbocycles. The van der Waals surface area contributed by atoms with E-state index in [4.69, 9.17) is 9.47 Å². The van der Waals surface area contributed by atoms with Gasteiger partial charge < -0.3 is 18.9 Å². The van der Waals surface area contributed by atoms with Crippen LogP contribution >= 0.6 is 0 Å². The van der Waals surface area contributed by atoms with Crippen LogP contribution in [0.5, 0.6) is 11.5 Å². The molecule has 3 heterocycles. The molecular weight excluding hydrogens is 602 g/mol. The van der Waals surface area contributed by atoms with E-state index in [9.17, 15) is 10.1 Å². The molecule has 0 N–H and O–H groups in total. The van der Waals surface area contributed by atoms with E-state index in [2.05, 4.69) is 38.0 Å². The van der Waals surface area contributed by atoms with Gasteiger partial charge in [-0.15, -0.1) is 10.2 Å². The Morgan fingerprint density at radius 3 is 2.08 bits per heavy atom. The Morgan fingerprint density at radius 1 is 0.854 bits per heavy atom. The molecule has 1 saturated heterocycles. The molecule has 1 fully saturated rings. The van der Waals surface area contributed by atoms with Gasteiger partial charge in [0.25, 0.3) is 5.56 Å². The van der Waals surface area contributed by atoms with Gasteiger partial charge in [-0.25, -0.2) is 4.68 Å². The van der Waals surface area contributed by atoms with Gasteiger partial charge in [-0.2, -0.15) is 5.26 Å². The lowest BCUT2D eigenvalue weighted by Crippen LogP contribution is -2.34. The lowest BCUT2D eigenvalue weighted by atomic mass is 9.92. The predicted molar refractivity (Wildman–Crippen MR) is 186 cm³/mol. The van der Waals surface area contributed by atoms with Gasteiger partial charge in [0, 0.05) is 31.6 Å². The summed E-state index contributed by atoms with van der Waals surface area (Å²) in [6.07, 6.45) is 3.57. The lowest BCUT2D eigenvalue weighted by molar-refractivity contribution is 0.414. The number of benzene rings is 4. The summed E-state index contributed by atoms with van der Waals surface area (Å²) in [6, 6.07) is 30.1. The summed E-state index contributed by atoms with van der Waals surface area (Å²) in [5.41, 5.74) is 6.19. The molecule has 0 radical (unpaired) electrons. The molecule has 1 aliphatic heterocycles. The van der Waals surface area contributed by atoms with E-state index in [1.807, 2.05) is 89.1 Å². The van der Waals surface area contributed by atoms with Crippen molar-refractivity contribution in [2.75, 3.05) is 32.2 Å². The number of aryl methyl sites for hydroxylation is 1. The van der Waals surface area contributed by atoms with Gasteiger partial charge in [0.1, 0.15) is 29.7 Å². The molecule has 0 unspecified atom stereocenters. The van der Waals surface area contributed by atoms with Gasteiger partial charge >= 0.3 is 0 Å². The van der Waals surface area contributed by atoms with E-state index in [1.54, 1.807) is 20.5 Å². The van der Waals surface area contributed by atoms with Gasteiger partial charge in [-0.3, -0.25) is 9.48 Å². The summed E-state index contributed by atoms with van der Waals surface area (Å²) < 4.78 is 16.6. The van der Waals surface area contributed by atoms with Crippen LogP contribution in [0.4, 0.5) is 5.69 Å². The van der Waals surface area contributed by atoms with E-state index in [0.717, 1.165) is 76.7 Å². The van der Waals surface area contributed by atoms with Crippen molar-refractivity contribution in [3.05, 3.63) is 124 Å². The number of anilines is 1. The minimum Gasteiger partial charge on any atom is -0.497 e. The van der Waals surface area contributed by atoms with Crippen molar-refractivity contribution in [1.29, 1.82) is 5.26 Å². The first-order valence-corrected chi connectivity index (χ1v) is 16.1. The second-order valence-electron chi connectivity index (χ2n) is 12.2. The monoisotopic (exact) mass is 639 g/mol. The van der Waals surface area contributed by atoms with Crippen LogP contribution in [0.2, 0.25) is 0 Å². The fraction of sp³-hybridized carbons (Fsp3) is 0.263. The Hall–Kier alpha value is -5.82. The molecule has 242 valence electrons. The van der Waals surface area contributed by atoms with Gasteiger partial charge in [0.05, 0.1) is 49.5 Å². The molecule has 0 aliphatic carbocycles. The van der Waals surface area contributed by atoms with Crippen molar-refractivity contribution in [2.45, 2.75) is 31.8 Å². The smallest absolute Gasteiger partial charge is 0.274 e. The number of hydrogen-bond acceptors (Lipinski definition) is 7. The number of hydrogen-bond donors (Lipinski definition) is 0. The second-order valence-corrected chi connectivity index (χ2v) is 12.2. The first-order chi connectivity index (χ1) is 23.5. The third-order valence-corrected chi connectivity index (χ3v) is 9.40. The molecule has 2 aromatic heterocycles. The fourth-order valence-electron chi connectivity index (χ4n) is 6.84. The maximum absolute atomic E-state index is 14.3. The quantitative estimate of drug-likeness (QED) is 0.192.